The van der Waals surface area contributed by atoms with Crippen LogP contribution < -0.4 is 0 Å². The van der Waals surface area contributed by atoms with E-state index in [9.17, 15) is 13.2 Å². The summed E-state index contributed by atoms with van der Waals surface area (Å²) in [6.45, 7) is 3.27. The Morgan fingerprint density at radius 2 is 1.67 bits per heavy atom. The molecule has 1 fully saturated rings. The fraction of sp³-hybridized carbons (Fsp3) is 0.562. The minimum Gasteiger partial charge on any atom is -0.481 e. The molecule has 1 aromatic carbocycles. The molecule has 0 saturated carbocycles. The zero-order valence-electron chi connectivity index (χ0n) is 13.6. The Balaban J connectivity index is 0.00000288. The molecule has 0 radical (unpaired) electrons. The monoisotopic (exact) mass is 376 g/mol. The number of benzene rings is 1. The van der Waals surface area contributed by atoms with Crippen LogP contribution in [0.15, 0.2) is 30.3 Å². The third-order valence-corrected chi connectivity index (χ3v) is 5.88. The Morgan fingerprint density at radius 1 is 1.04 bits per heavy atom. The number of halogens is 1. The average molecular weight is 377 g/mol. The van der Waals surface area contributed by atoms with E-state index in [1.807, 2.05) is 30.3 Å². The summed E-state index contributed by atoms with van der Waals surface area (Å²) >= 11 is 0. The molecule has 6 nitrogen and oxygen atoms in total. The molecule has 0 aliphatic carbocycles. The van der Waals surface area contributed by atoms with Crippen LogP contribution in [-0.4, -0.2) is 61.4 Å². The fourth-order valence-electron chi connectivity index (χ4n) is 2.72. The van der Waals surface area contributed by atoms with Gasteiger partial charge in [-0.1, -0.05) is 30.3 Å². The smallest absolute Gasteiger partial charge is 0.303 e. The van der Waals surface area contributed by atoms with Gasteiger partial charge in [-0.15, -0.1) is 12.4 Å². The van der Waals surface area contributed by atoms with Crippen LogP contribution in [0.2, 0.25) is 0 Å². The number of hydrogen-bond acceptors (Lipinski definition) is 4. The molecule has 0 bridgehead atoms. The summed E-state index contributed by atoms with van der Waals surface area (Å²) in [5.41, 5.74) is 0.809. The highest BCUT2D eigenvalue weighted by atomic mass is 35.5. The first-order chi connectivity index (χ1) is 11.0. The largest absolute Gasteiger partial charge is 0.481 e. The molecular formula is C16H25ClN2O4S. The normalized spacial score (nSPS) is 16.5. The van der Waals surface area contributed by atoms with Crippen molar-refractivity contribution in [3.8, 4) is 0 Å². The summed E-state index contributed by atoms with van der Waals surface area (Å²) in [5.74, 6) is -0.714. The van der Waals surface area contributed by atoms with E-state index < -0.39 is 16.0 Å². The second kappa shape index (κ2) is 9.98. The van der Waals surface area contributed by atoms with Crippen LogP contribution in [0.4, 0.5) is 0 Å². The number of rotatable bonds is 8. The lowest BCUT2D eigenvalue weighted by atomic mass is 10.2. The molecule has 0 spiro atoms. The zero-order chi connectivity index (χ0) is 16.7. The van der Waals surface area contributed by atoms with E-state index in [1.54, 1.807) is 4.31 Å². The van der Waals surface area contributed by atoms with Gasteiger partial charge in [-0.25, -0.2) is 8.42 Å². The average Bonchev–Trinajstić information content (AvgIpc) is 2.52. The van der Waals surface area contributed by atoms with Crippen LogP contribution in [0.5, 0.6) is 0 Å². The molecule has 0 aromatic heterocycles. The minimum atomic E-state index is -3.27. The summed E-state index contributed by atoms with van der Waals surface area (Å²) < 4.78 is 26.4. The van der Waals surface area contributed by atoms with Crippen molar-refractivity contribution in [2.45, 2.75) is 25.0 Å². The molecule has 8 heteroatoms. The second-order valence-corrected chi connectivity index (χ2v) is 7.80. The van der Waals surface area contributed by atoms with Crippen LogP contribution in [-0.2, 0) is 20.6 Å². The molecule has 1 aliphatic heterocycles. The predicted octanol–water partition coefficient (Wildman–Crippen LogP) is 1.81. The quantitative estimate of drug-likeness (QED) is 0.700. The van der Waals surface area contributed by atoms with Crippen molar-refractivity contribution in [3.05, 3.63) is 35.9 Å². The van der Waals surface area contributed by atoms with E-state index in [0.29, 0.717) is 32.6 Å². The van der Waals surface area contributed by atoms with Gasteiger partial charge in [0.05, 0.1) is 5.75 Å². The molecule has 1 heterocycles. The number of aliphatic carboxylic acids is 1. The third kappa shape index (κ3) is 6.76. The predicted molar refractivity (Wildman–Crippen MR) is 95.8 cm³/mol. The highest BCUT2D eigenvalue weighted by Gasteiger charge is 2.26. The van der Waals surface area contributed by atoms with Crippen molar-refractivity contribution < 1.29 is 18.3 Å². The third-order valence-electron chi connectivity index (χ3n) is 4.03. The molecule has 136 valence electrons. The Morgan fingerprint density at radius 3 is 2.25 bits per heavy atom. The van der Waals surface area contributed by atoms with Crippen molar-refractivity contribution in [3.63, 3.8) is 0 Å². The lowest BCUT2D eigenvalue weighted by Gasteiger charge is -2.34. The number of carboxylic acid groups (broad SMARTS) is 1. The number of carbonyl (C=O) groups is 1. The van der Waals surface area contributed by atoms with Gasteiger partial charge >= 0.3 is 5.97 Å². The lowest BCUT2D eigenvalue weighted by Crippen LogP contribution is -2.49. The summed E-state index contributed by atoms with van der Waals surface area (Å²) in [4.78, 5) is 12.7. The van der Waals surface area contributed by atoms with Crippen molar-refractivity contribution in [1.82, 2.24) is 9.21 Å². The summed E-state index contributed by atoms with van der Waals surface area (Å²) in [6.07, 6.45) is 1.70. The maximum atomic E-state index is 12.4. The molecule has 0 unspecified atom stereocenters. The summed E-state index contributed by atoms with van der Waals surface area (Å²) in [7, 11) is -3.27. The number of unbranched alkanes of at least 4 members (excludes halogenated alkanes) is 1. The van der Waals surface area contributed by atoms with Crippen molar-refractivity contribution >= 4 is 28.4 Å². The molecule has 24 heavy (non-hydrogen) atoms. The van der Waals surface area contributed by atoms with Gasteiger partial charge in [-0.05, 0) is 24.9 Å². The lowest BCUT2D eigenvalue weighted by molar-refractivity contribution is -0.137. The van der Waals surface area contributed by atoms with Gasteiger partial charge in [-0.3, -0.25) is 4.79 Å². The maximum absolute atomic E-state index is 12.4. The fourth-order valence-corrected chi connectivity index (χ4v) is 4.23. The van der Waals surface area contributed by atoms with Gasteiger partial charge in [0.2, 0.25) is 10.0 Å². The van der Waals surface area contributed by atoms with Crippen LogP contribution in [0, 0.1) is 0 Å². The van der Waals surface area contributed by atoms with Gasteiger partial charge in [0, 0.05) is 32.6 Å². The number of hydrogen-bond donors (Lipinski definition) is 1. The molecule has 1 aliphatic rings. The Kier molecular flexibility index (Phi) is 8.69. The zero-order valence-corrected chi connectivity index (χ0v) is 15.3. The minimum absolute atomic E-state index is 0. The van der Waals surface area contributed by atoms with Crippen LogP contribution in [0.1, 0.15) is 24.8 Å². The highest BCUT2D eigenvalue weighted by Crippen LogP contribution is 2.14. The van der Waals surface area contributed by atoms with Crippen LogP contribution >= 0.6 is 12.4 Å². The van der Waals surface area contributed by atoms with E-state index in [-0.39, 0.29) is 24.6 Å². The first kappa shape index (κ1) is 20.9. The standard InChI is InChI=1S/C16H24N2O4S.ClH/c19-16(20)8-4-5-9-17-10-12-18(13-11-17)23(21,22)14-15-6-2-1-3-7-15;/h1-3,6-7H,4-5,8-14H2,(H,19,20);1H. The van der Waals surface area contributed by atoms with Gasteiger partial charge < -0.3 is 10.0 Å². The van der Waals surface area contributed by atoms with E-state index in [2.05, 4.69) is 4.90 Å². The molecule has 1 saturated heterocycles. The van der Waals surface area contributed by atoms with Crippen molar-refractivity contribution in [1.29, 1.82) is 0 Å². The summed E-state index contributed by atoms with van der Waals surface area (Å²) in [6, 6.07) is 9.23. The molecule has 1 N–H and O–H groups in total. The molecule has 1 aromatic rings. The SMILES string of the molecule is Cl.O=C(O)CCCCN1CCN(S(=O)(=O)Cc2ccccc2)CC1. The highest BCUT2D eigenvalue weighted by molar-refractivity contribution is 7.88. The first-order valence-electron chi connectivity index (χ1n) is 7.93. The first-order valence-corrected chi connectivity index (χ1v) is 9.54. The van der Waals surface area contributed by atoms with Crippen LogP contribution in [0.3, 0.4) is 0 Å². The second-order valence-electron chi connectivity index (χ2n) is 5.83. The van der Waals surface area contributed by atoms with Gasteiger partial charge in [0.25, 0.3) is 0 Å². The maximum Gasteiger partial charge on any atom is 0.303 e. The Hall–Kier alpha value is -1.15. The van der Waals surface area contributed by atoms with E-state index in [4.69, 9.17) is 5.11 Å². The Labute approximate surface area is 149 Å². The molecular weight excluding hydrogens is 352 g/mol. The van der Waals surface area contributed by atoms with Crippen molar-refractivity contribution in [2.75, 3.05) is 32.7 Å². The van der Waals surface area contributed by atoms with E-state index in [0.717, 1.165) is 18.5 Å². The molecule has 2 rings (SSSR count). The number of piperazine rings is 1. The number of carboxylic acids is 1. The topological polar surface area (TPSA) is 77.9 Å². The van der Waals surface area contributed by atoms with E-state index in [1.165, 1.54) is 0 Å². The van der Waals surface area contributed by atoms with Gasteiger partial charge in [0.1, 0.15) is 0 Å². The van der Waals surface area contributed by atoms with Gasteiger partial charge in [0.15, 0.2) is 0 Å². The Bertz CT molecular complexity index is 602. The van der Waals surface area contributed by atoms with Gasteiger partial charge in [-0.2, -0.15) is 4.31 Å². The van der Waals surface area contributed by atoms with Crippen LogP contribution in [0.25, 0.3) is 0 Å². The number of sulfonamides is 1. The molecule has 0 amide bonds. The summed E-state index contributed by atoms with van der Waals surface area (Å²) in [5, 5.41) is 8.61. The molecule has 0 atom stereocenters. The van der Waals surface area contributed by atoms with E-state index >= 15 is 0 Å². The number of nitrogens with zero attached hydrogens (tertiary/aromatic N) is 2. The van der Waals surface area contributed by atoms with Crippen molar-refractivity contribution in [2.24, 2.45) is 0 Å².